The standard InChI is InChI=1S/C30H35NO3.3H2S/c1-29-17-25(20-6-8-22(9-7-20)31(2)3)27-24-11-10-23(32)16-21(24)18-34-28(27)26(29)13-15-30(29,33)14-12-19-4-5-19;;;/h6-9,16,19,25-26,28,33H,4-5,10-11,13,15,17-18H2,1-3H3;3*1H2/t25-,26+,28+,29+,30+;;;/m1.../s1. The second-order valence-electron chi connectivity index (χ2n) is 11.5. The van der Waals surface area contributed by atoms with Crippen molar-refractivity contribution in [3.63, 3.8) is 0 Å². The lowest BCUT2D eigenvalue weighted by Gasteiger charge is -2.53. The number of nitrogens with zero attached hydrogens (tertiary/aromatic N) is 1. The van der Waals surface area contributed by atoms with Crippen molar-refractivity contribution in [3.8, 4) is 11.8 Å². The smallest absolute Gasteiger partial charge is 0.156 e. The molecule has 4 aliphatic carbocycles. The minimum atomic E-state index is -0.972. The van der Waals surface area contributed by atoms with E-state index in [1.165, 1.54) is 35.2 Å². The largest absolute Gasteiger partial charge is 0.378 e. The normalized spacial score (nSPS) is 33.7. The van der Waals surface area contributed by atoms with E-state index in [1.54, 1.807) is 0 Å². The lowest BCUT2D eigenvalue weighted by Crippen LogP contribution is -2.53. The van der Waals surface area contributed by atoms with Crippen molar-refractivity contribution in [1.29, 1.82) is 0 Å². The first-order valence-corrected chi connectivity index (χ1v) is 12.9. The zero-order chi connectivity index (χ0) is 23.7. The molecule has 3 fully saturated rings. The van der Waals surface area contributed by atoms with Gasteiger partial charge in [0.15, 0.2) is 5.78 Å². The van der Waals surface area contributed by atoms with Crippen LogP contribution in [-0.4, -0.2) is 43.3 Å². The van der Waals surface area contributed by atoms with Crippen molar-refractivity contribution >= 4 is 52.0 Å². The van der Waals surface area contributed by atoms with Gasteiger partial charge < -0.3 is 14.7 Å². The molecule has 1 heterocycles. The van der Waals surface area contributed by atoms with Gasteiger partial charge in [-0.25, -0.2) is 0 Å². The number of aliphatic hydroxyl groups is 1. The summed E-state index contributed by atoms with van der Waals surface area (Å²) in [5.41, 5.74) is 4.92. The SMILES string of the molecule is CN(C)c1ccc([C@H]2C[C@@]3(C)[C@@H](CC[C@@]3(O)C#CC3CC3)[C@@H]3OCC4=CC(=O)CCC4=C32)cc1.S.S.S. The van der Waals surface area contributed by atoms with Gasteiger partial charge in [-0.1, -0.05) is 30.9 Å². The van der Waals surface area contributed by atoms with Gasteiger partial charge in [-0.05, 0) is 84.9 Å². The van der Waals surface area contributed by atoms with Crippen molar-refractivity contribution in [2.24, 2.45) is 17.3 Å². The average Bonchev–Trinajstić information content (AvgIpc) is 3.62. The molecule has 0 spiro atoms. The van der Waals surface area contributed by atoms with Gasteiger partial charge in [0.25, 0.3) is 0 Å². The molecule has 202 valence electrons. The summed E-state index contributed by atoms with van der Waals surface area (Å²) in [5, 5.41) is 12.0. The highest BCUT2D eigenvalue weighted by molar-refractivity contribution is 7.59. The van der Waals surface area contributed by atoms with E-state index in [9.17, 15) is 9.90 Å². The minimum absolute atomic E-state index is 0. The zero-order valence-corrected chi connectivity index (χ0v) is 25.1. The van der Waals surface area contributed by atoms with Gasteiger partial charge >= 0.3 is 0 Å². The number of hydrogen-bond acceptors (Lipinski definition) is 4. The Balaban J connectivity index is 0.00000127. The predicted octanol–water partition coefficient (Wildman–Crippen LogP) is 5.12. The van der Waals surface area contributed by atoms with E-state index >= 15 is 0 Å². The molecule has 0 saturated heterocycles. The van der Waals surface area contributed by atoms with Crippen LogP contribution in [0.15, 0.2) is 47.1 Å². The molecule has 37 heavy (non-hydrogen) atoms. The van der Waals surface area contributed by atoms with Gasteiger partial charge in [0, 0.05) is 43.5 Å². The summed E-state index contributed by atoms with van der Waals surface area (Å²) in [6.07, 6.45) is 8.01. The predicted molar refractivity (Wildman–Crippen MR) is 165 cm³/mol. The Hall–Kier alpha value is -1.30. The monoisotopic (exact) mass is 559 g/mol. The van der Waals surface area contributed by atoms with Gasteiger partial charge in [-0.15, -0.1) is 0 Å². The number of anilines is 1. The third-order valence-corrected chi connectivity index (χ3v) is 9.24. The second kappa shape index (κ2) is 11.1. The summed E-state index contributed by atoms with van der Waals surface area (Å²) in [6.45, 7) is 2.76. The Morgan fingerprint density at radius 2 is 1.76 bits per heavy atom. The quantitative estimate of drug-likeness (QED) is 0.511. The maximum atomic E-state index is 12.2. The van der Waals surface area contributed by atoms with Gasteiger partial charge in [0.05, 0.1) is 12.7 Å². The summed E-state index contributed by atoms with van der Waals surface area (Å²) in [7, 11) is 4.12. The summed E-state index contributed by atoms with van der Waals surface area (Å²) in [4.78, 5) is 14.3. The molecule has 0 bridgehead atoms. The van der Waals surface area contributed by atoms with E-state index in [1.807, 2.05) is 6.08 Å². The molecule has 0 radical (unpaired) electrons. The average molecular weight is 560 g/mol. The fourth-order valence-electron chi connectivity index (χ4n) is 6.97. The van der Waals surface area contributed by atoms with E-state index in [4.69, 9.17) is 4.74 Å². The Bertz CT molecular complexity index is 1160. The summed E-state index contributed by atoms with van der Waals surface area (Å²) in [6, 6.07) is 8.85. The maximum Gasteiger partial charge on any atom is 0.156 e. The summed E-state index contributed by atoms with van der Waals surface area (Å²) < 4.78 is 6.58. The number of carbonyl (C=O) groups excluding carboxylic acids is 1. The van der Waals surface area contributed by atoms with E-state index in [-0.39, 0.29) is 69.6 Å². The number of allylic oxidation sites excluding steroid dienone is 1. The zero-order valence-electron chi connectivity index (χ0n) is 22.1. The molecule has 1 aliphatic heterocycles. The molecule has 1 N–H and O–H groups in total. The molecule has 4 nitrogen and oxygen atoms in total. The fraction of sp³-hybridized carbons (Fsp3) is 0.567. The molecule has 1 aromatic carbocycles. The van der Waals surface area contributed by atoms with Crippen molar-refractivity contribution in [1.82, 2.24) is 0 Å². The van der Waals surface area contributed by atoms with Crippen LogP contribution in [0, 0.1) is 29.1 Å². The maximum absolute atomic E-state index is 12.2. The summed E-state index contributed by atoms with van der Waals surface area (Å²) in [5.74, 6) is 7.85. The molecule has 7 heteroatoms. The number of carbonyl (C=O) groups is 1. The molecule has 0 amide bonds. The van der Waals surface area contributed by atoms with E-state index in [0.29, 0.717) is 25.4 Å². The van der Waals surface area contributed by atoms with Crippen molar-refractivity contribution in [2.75, 3.05) is 25.6 Å². The summed E-state index contributed by atoms with van der Waals surface area (Å²) >= 11 is 0. The molecule has 5 aliphatic rings. The molecule has 1 aromatic rings. The molecule has 0 aromatic heterocycles. The lowest BCUT2D eigenvalue weighted by atomic mass is 9.55. The number of ketones is 1. The van der Waals surface area contributed by atoms with Gasteiger partial charge in [0.1, 0.15) is 5.60 Å². The molecular weight excluding hydrogens is 519 g/mol. The fourth-order valence-corrected chi connectivity index (χ4v) is 6.97. The number of benzene rings is 1. The highest BCUT2D eigenvalue weighted by Crippen LogP contribution is 2.64. The number of fused-ring (bicyclic) bond motifs is 4. The molecule has 6 rings (SSSR count). The minimum Gasteiger partial charge on any atom is -0.378 e. The number of ether oxygens (including phenoxy) is 1. The van der Waals surface area contributed by atoms with E-state index in [0.717, 1.165) is 24.8 Å². The Morgan fingerprint density at radius 1 is 1.05 bits per heavy atom. The van der Waals surface area contributed by atoms with Gasteiger partial charge in [-0.2, -0.15) is 40.5 Å². The van der Waals surface area contributed by atoms with Crippen LogP contribution in [0.1, 0.15) is 63.4 Å². The first-order chi connectivity index (χ1) is 16.3. The van der Waals surface area contributed by atoms with Crippen LogP contribution in [-0.2, 0) is 9.53 Å². The van der Waals surface area contributed by atoms with Crippen LogP contribution in [0.5, 0.6) is 0 Å². The second-order valence-corrected chi connectivity index (χ2v) is 11.5. The first-order valence-electron chi connectivity index (χ1n) is 12.9. The third kappa shape index (κ3) is 5.05. The Labute approximate surface area is 242 Å². The molecule has 0 unspecified atom stereocenters. The highest BCUT2D eigenvalue weighted by atomic mass is 32.1. The lowest BCUT2D eigenvalue weighted by molar-refractivity contribution is -0.115. The van der Waals surface area contributed by atoms with Crippen LogP contribution in [0.25, 0.3) is 0 Å². The van der Waals surface area contributed by atoms with Crippen LogP contribution in [0.4, 0.5) is 5.69 Å². The third-order valence-electron chi connectivity index (χ3n) is 9.24. The van der Waals surface area contributed by atoms with Gasteiger partial charge in [-0.3, -0.25) is 4.79 Å². The van der Waals surface area contributed by atoms with Crippen LogP contribution < -0.4 is 4.90 Å². The first kappa shape index (κ1) is 30.2. The highest BCUT2D eigenvalue weighted by Gasteiger charge is 2.63. The molecule has 3 saturated carbocycles. The van der Waals surface area contributed by atoms with Crippen LogP contribution >= 0.6 is 40.5 Å². The Kier molecular flexibility index (Phi) is 9.04. The van der Waals surface area contributed by atoms with E-state index < -0.39 is 5.60 Å². The molecular formula is C30H41NO3S3. The Morgan fingerprint density at radius 3 is 2.41 bits per heavy atom. The van der Waals surface area contributed by atoms with E-state index in [2.05, 4.69) is 62.0 Å². The van der Waals surface area contributed by atoms with Crippen molar-refractivity contribution in [3.05, 3.63) is 52.6 Å². The number of rotatable bonds is 2. The van der Waals surface area contributed by atoms with Gasteiger partial charge in [0.2, 0.25) is 0 Å². The van der Waals surface area contributed by atoms with Crippen LogP contribution in [0.2, 0.25) is 0 Å². The molecule has 5 atom stereocenters. The van der Waals surface area contributed by atoms with Crippen molar-refractivity contribution < 1.29 is 14.6 Å². The number of hydrogen-bond donors (Lipinski definition) is 1. The van der Waals surface area contributed by atoms with Crippen molar-refractivity contribution in [2.45, 2.75) is 69.5 Å². The topological polar surface area (TPSA) is 49.8 Å². The van der Waals surface area contributed by atoms with Crippen LogP contribution in [0.3, 0.4) is 0 Å².